The molecule has 0 atom stereocenters. The minimum Gasteiger partial charge on any atom is -0.359 e. The zero-order valence-corrected chi connectivity index (χ0v) is 18.4. The zero-order chi connectivity index (χ0) is 23.4. The molecule has 1 aromatic heterocycles. The number of fused-ring (bicyclic) bond motifs is 1. The molecule has 0 aliphatic carbocycles. The highest BCUT2D eigenvalue weighted by Gasteiger charge is 2.19. The maximum Gasteiger partial charge on any atom is 0.254 e. The fraction of sp³-hybridized carbons (Fsp3) is 0.174. The zero-order valence-electron chi connectivity index (χ0n) is 17.6. The molecular weight excluding hydrogens is 444 g/mol. The molecule has 0 fully saturated rings. The number of amides is 1. The normalized spacial score (nSPS) is 11.5. The Bertz CT molecular complexity index is 1370. The third-order valence-corrected chi connectivity index (χ3v) is 6.28. The predicted molar refractivity (Wildman–Crippen MR) is 121 cm³/mol. The highest BCUT2D eigenvalue weighted by Crippen LogP contribution is 2.15. The first-order valence-electron chi connectivity index (χ1n) is 10.3. The summed E-state index contributed by atoms with van der Waals surface area (Å²) in [5.41, 5.74) is 2.93. The van der Waals surface area contributed by atoms with Gasteiger partial charge in [0.05, 0.1) is 4.90 Å². The van der Waals surface area contributed by atoms with Crippen molar-refractivity contribution in [1.82, 2.24) is 10.1 Å². The van der Waals surface area contributed by atoms with E-state index >= 15 is 0 Å². The van der Waals surface area contributed by atoms with Gasteiger partial charge in [-0.15, -0.1) is 0 Å². The number of carbonyl (C=O) groups is 1. The maximum absolute atomic E-state index is 13.3. The number of hydrogen-bond donors (Lipinski definition) is 1. The number of primary sulfonamides is 1. The minimum absolute atomic E-state index is 0.0415. The van der Waals surface area contributed by atoms with Crippen LogP contribution in [0.25, 0.3) is 11.0 Å². The molecule has 4 rings (SSSR count). The van der Waals surface area contributed by atoms with Crippen LogP contribution in [0.1, 0.15) is 21.5 Å². The second-order valence-corrected chi connectivity index (χ2v) is 9.16. The van der Waals surface area contributed by atoms with E-state index in [9.17, 15) is 18.4 Å². The van der Waals surface area contributed by atoms with E-state index in [1.165, 1.54) is 24.3 Å². The monoisotopic (exact) mass is 466 g/mol. The molecule has 170 valence electrons. The van der Waals surface area contributed by atoms with Gasteiger partial charge in [0.2, 0.25) is 21.1 Å². The third-order valence-electron chi connectivity index (χ3n) is 5.36. The SMILES string of the molecule is NS(=O)(=O)c1ccc(CCN(CCc2ccccc2)C(=O)c2ccc3c(c2)no[n+]3[O-])cc1. The summed E-state index contributed by atoms with van der Waals surface area (Å²) in [5.74, 6) is -0.200. The summed E-state index contributed by atoms with van der Waals surface area (Å²) in [7, 11) is -3.76. The van der Waals surface area contributed by atoms with Crippen LogP contribution in [0.5, 0.6) is 0 Å². The van der Waals surface area contributed by atoms with Crippen molar-refractivity contribution in [3.63, 3.8) is 0 Å². The summed E-state index contributed by atoms with van der Waals surface area (Å²) in [6.45, 7) is 0.898. The van der Waals surface area contributed by atoms with Crippen molar-refractivity contribution in [2.75, 3.05) is 13.1 Å². The van der Waals surface area contributed by atoms with Crippen molar-refractivity contribution in [2.45, 2.75) is 17.7 Å². The molecule has 0 spiro atoms. The molecule has 0 saturated carbocycles. The first-order valence-corrected chi connectivity index (χ1v) is 11.8. The molecular formula is C23H22N4O5S. The Morgan fingerprint density at radius 2 is 1.61 bits per heavy atom. The Balaban J connectivity index is 1.53. The van der Waals surface area contributed by atoms with Gasteiger partial charge in [0.1, 0.15) is 0 Å². The Morgan fingerprint density at radius 3 is 2.24 bits per heavy atom. The molecule has 0 aliphatic rings. The maximum atomic E-state index is 13.3. The average molecular weight is 467 g/mol. The van der Waals surface area contributed by atoms with Gasteiger partial charge in [0.25, 0.3) is 5.91 Å². The molecule has 9 nitrogen and oxygen atoms in total. The van der Waals surface area contributed by atoms with E-state index < -0.39 is 10.0 Å². The Morgan fingerprint density at radius 1 is 0.970 bits per heavy atom. The van der Waals surface area contributed by atoms with E-state index in [1.807, 2.05) is 30.3 Å². The number of carbonyl (C=O) groups excluding carboxylic acids is 1. The second-order valence-electron chi connectivity index (χ2n) is 7.60. The molecule has 0 aliphatic heterocycles. The lowest BCUT2D eigenvalue weighted by molar-refractivity contribution is -0.782. The lowest BCUT2D eigenvalue weighted by Gasteiger charge is -2.23. The standard InChI is InChI=1S/C23H22N4O5S/c24-33(30,31)20-9-6-18(7-10-20)13-15-26(14-12-17-4-2-1-3-5-17)23(28)19-8-11-22-21(16-19)25-32-27(22)29/h1-11,16H,12-15H2,(H2,24,30,31). The van der Waals surface area contributed by atoms with E-state index in [0.29, 0.717) is 41.9 Å². The number of aromatic nitrogens is 2. The first-order chi connectivity index (χ1) is 15.8. The van der Waals surface area contributed by atoms with Gasteiger partial charge in [-0.1, -0.05) is 42.5 Å². The summed E-state index contributed by atoms with van der Waals surface area (Å²) < 4.78 is 27.5. The van der Waals surface area contributed by atoms with Crippen LogP contribution in [0.2, 0.25) is 0 Å². The van der Waals surface area contributed by atoms with Gasteiger partial charge < -0.3 is 10.1 Å². The summed E-state index contributed by atoms with van der Waals surface area (Å²) in [6, 6.07) is 20.7. The van der Waals surface area contributed by atoms with E-state index in [4.69, 9.17) is 5.14 Å². The van der Waals surface area contributed by atoms with Crippen LogP contribution in [0.4, 0.5) is 0 Å². The molecule has 0 unspecified atom stereocenters. The van der Waals surface area contributed by atoms with E-state index in [0.717, 1.165) is 11.1 Å². The largest absolute Gasteiger partial charge is 0.359 e. The van der Waals surface area contributed by atoms with Crippen molar-refractivity contribution in [3.8, 4) is 0 Å². The van der Waals surface area contributed by atoms with Crippen LogP contribution in [0.3, 0.4) is 0 Å². The summed E-state index contributed by atoms with van der Waals surface area (Å²) in [5, 5.41) is 20.4. The Hall–Kier alpha value is -3.76. The fourth-order valence-electron chi connectivity index (χ4n) is 3.53. The van der Waals surface area contributed by atoms with Gasteiger partial charge in [-0.2, -0.15) is 0 Å². The lowest BCUT2D eigenvalue weighted by Crippen LogP contribution is -2.35. The molecule has 0 radical (unpaired) electrons. The van der Waals surface area contributed by atoms with Crippen molar-refractivity contribution in [1.29, 1.82) is 0 Å². The van der Waals surface area contributed by atoms with E-state index in [1.54, 1.807) is 23.1 Å². The quantitative estimate of drug-likeness (QED) is 0.395. The average Bonchev–Trinajstić information content (AvgIpc) is 3.19. The molecule has 0 bridgehead atoms. The predicted octanol–water partition coefficient (Wildman–Crippen LogP) is 2.04. The smallest absolute Gasteiger partial charge is 0.254 e. The number of rotatable bonds is 8. The van der Waals surface area contributed by atoms with Crippen LogP contribution in [0.15, 0.2) is 82.3 Å². The number of sulfonamides is 1. The van der Waals surface area contributed by atoms with Crippen LogP contribution in [0, 0.1) is 5.21 Å². The van der Waals surface area contributed by atoms with Crippen molar-refractivity contribution < 1.29 is 22.7 Å². The first kappa shape index (κ1) is 22.4. The summed E-state index contributed by atoms with van der Waals surface area (Å²) >= 11 is 0. The molecule has 4 aromatic rings. The minimum atomic E-state index is -3.76. The molecule has 33 heavy (non-hydrogen) atoms. The highest BCUT2D eigenvalue weighted by molar-refractivity contribution is 7.89. The van der Waals surface area contributed by atoms with E-state index in [2.05, 4.69) is 9.79 Å². The lowest BCUT2D eigenvalue weighted by atomic mass is 10.1. The Kier molecular flexibility index (Phi) is 6.38. The van der Waals surface area contributed by atoms with Crippen LogP contribution < -0.4 is 10.0 Å². The molecule has 1 heterocycles. The van der Waals surface area contributed by atoms with Gasteiger partial charge in [-0.25, -0.2) is 13.6 Å². The number of nitrogens with zero attached hydrogens (tertiary/aromatic N) is 3. The van der Waals surface area contributed by atoms with Gasteiger partial charge in [0.15, 0.2) is 0 Å². The van der Waals surface area contributed by atoms with Gasteiger partial charge in [-0.3, -0.25) is 9.42 Å². The fourth-order valence-corrected chi connectivity index (χ4v) is 4.04. The summed E-state index contributed by atoms with van der Waals surface area (Å²) in [6.07, 6.45) is 1.20. The van der Waals surface area contributed by atoms with Gasteiger partial charge >= 0.3 is 0 Å². The molecule has 2 N–H and O–H groups in total. The number of nitrogens with two attached hydrogens (primary N) is 1. The van der Waals surface area contributed by atoms with Crippen molar-refractivity contribution in [2.24, 2.45) is 5.14 Å². The second kappa shape index (κ2) is 9.39. The highest BCUT2D eigenvalue weighted by atomic mass is 32.2. The Labute approximate surface area is 190 Å². The number of benzene rings is 3. The van der Waals surface area contributed by atoms with Crippen LogP contribution >= 0.6 is 0 Å². The van der Waals surface area contributed by atoms with Gasteiger partial charge in [0, 0.05) is 29.9 Å². The number of hydrogen-bond acceptors (Lipinski definition) is 6. The van der Waals surface area contributed by atoms with Crippen molar-refractivity contribution in [3.05, 3.63) is 94.7 Å². The van der Waals surface area contributed by atoms with Gasteiger partial charge in [-0.05, 0) is 53.1 Å². The molecule has 0 saturated heterocycles. The summed E-state index contributed by atoms with van der Waals surface area (Å²) in [4.78, 5) is 15.4. The third kappa shape index (κ3) is 5.36. The van der Waals surface area contributed by atoms with Crippen LogP contribution in [-0.4, -0.2) is 37.5 Å². The molecule has 10 heteroatoms. The molecule has 3 aromatic carbocycles. The topological polar surface area (TPSA) is 133 Å². The van der Waals surface area contributed by atoms with Crippen LogP contribution in [-0.2, 0) is 22.9 Å². The van der Waals surface area contributed by atoms with E-state index in [-0.39, 0.29) is 16.3 Å². The van der Waals surface area contributed by atoms with Crippen molar-refractivity contribution >= 4 is 27.0 Å². The molecule has 1 amide bonds.